The average Bonchev–Trinajstić information content (AvgIpc) is 3.15. The van der Waals surface area contributed by atoms with Crippen LogP contribution >= 0.6 is 7.82 Å². The van der Waals surface area contributed by atoms with E-state index in [0.717, 1.165) is 40.6 Å². The molecule has 0 radical (unpaired) electrons. The summed E-state index contributed by atoms with van der Waals surface area (Å²) < 4.78 is 8.88. The first-order valence-corrected chi connectivity index (χ1v) is 13.1. The maximum absolute atomic E-state index is 8.88. The molecule has 0 aliphatic carbocycles. The molecule has 1 aliphatic rings. The zero-order valence-corrected chi connectivity index (χ0v) is 21.1. The highest BCUT2D eigenvalue weighted by atomic mass is 31.2. The highest BCUT2D eigenvalue weighted by Crippen LogP contribution is 2.26. The lowest BCUT2D eigenvalue weighted by Gasteiger charge is -2.28. The van der Waals surface area contributed by atoms with Crippen LogP contribution in [0.1, 0.15) is 42.5 Å². The predicted molar refractivity (Wildman–Crippen MR) is 134 cm³/mol. The van der Waals surface area contributed by atoms with Gasteiger partial charge in [0.25, 0.3) is 0 Å². The van der Waals surface area contributed by atoms with Gasteiger partial charge in [-0.3, -0.25) is 0 Å². The molecule has 0 saturated carbocycles. The van der Waals surface area contributed by atoms with Gasteiger partial charge in [0, 0.05) is 12.7 Å². The van der Waals surface area contributed by atoms with E-state index in [4.69, 9.17) is 24.2 Å². The number of aromatic nitrogens is 4. The summed E-state index contributed by atoms with van der Waals surface area (Å²) in [6, 6.07) is 4.30. The van der Waals surface area contributed by atoms with Gasteiger partial charge in [-0.1, -0.05) is 6.07 Å². The minimum absolute atomic E-state index is 0.706. The standard InChI is InChI=1S/C23H32N6.H3O4P/c1-15-12-16(2)21-20(13-15)27-22(28-21)19-14-25-23(26-17(19)3)24-9-5-6-18-7-10-29(4)11-8-18;1-5(2,3)4/h12-14,18H,5-11H2,1-4H3,(H,27,28)(H,24,25,26);(H3,1,2,3,4). The summed E-state index contributed by atoms with van der Waals surface area (Å²) in [7, 11) is -2.42. The minimum Gasteiger partial charge on any atom is -0.354 e. The molecule has 186 valence electrons. The molecule has 0 bridgehead atoms. The molecule has 0 spiro atoms. The number of piperidine rings is 1. The number of aromatic amines is 1. The topological polar surface area (TPSA) is 147 Å². The van der Waals surface area contributed by atoms with Crippen LogP contribution in [0, 0.1) is 26.7 Å². The first-order chi connectivity index (χ1) is 16.0. The van der Waals surface area contributed by atoms with Crippen molar-refractivity contribution in [3.05, 3.63) is 35.2 Å². The SMILES string of the molecule is Cc1cc(C)c2nc(-c3cnc(NCCCC4CCN(C)CC4)nc3C)[nH]c2c1.O=P(O)(O)O. The van der Waals surface area contributed by atoms with Crippen molar-refractivity contribution in [3.63, 3.8) is 0 Å². The second-order valence-corrected chi connectivity index (χ2v) is 10.1. The second kappa shape index (κ2) is 11.4. The van der Waals surface area contributed by atoms with Crippen molar-refractivity contribution in [1.29, 1.82) is 0 Å². The zero-order chi connectivity index (χ0) is 24.9. The Bertz CT molecular complexity index is 1150. The Kier molecular flexibility index (Phi) is 8.78. The van der Waals surface area contributed by atoms with Gasteiger partial charge in [0.05, 0.1) is 22.3 Å². The molecule has 1 aliphatic heterocycles. The number of likely N-dealkylation sites (tertiary alicyclic amines) is 1. The van der Waals surface area contributed by atoms with Crippen LogP contribution in [0.3, 0.4) is 0 Å². The molecule has 3 aromatic rings. The summed E-state index contributed by atoms with van der Waals surface area (Å²) in [4.78, 5) is 41.4. The number of phosphoric acid groups is 1. The molecule has 1 aromatic carbocycles. The van der Waals surface area contributed by atoms with E-state index in [2.05, 4.69) is 58.2 Å². The van der Waals surface area contributed by atoms with Gasteiger partial charge in [0.2, 0.25) is 5.95 Å². The molecular formula is C23H35N6O4P. The molecular weight excluding hydrogens is 455 g/mol. The maximum atomic E-state index is 8.88. The smallest absolute Gasteiger partial charge is 0.354 e. The molecule has 1 fully saturated rings. The van der Waals surface area contributed by atoms with Gasteiger partial charge >= 0.3 is 7.82 Å². The number of H-pyrrole nitrogens is 1. The van der Waals surface area contributed by atoms with Crippen molar-refractivity contribution in [2.24, 2.45) is 5.92 Å². The lowest BCUT2D eigenvalue weighted by Crippen LogP contribution is -2.30. The number of aryl methyl sites for hydroxylation is 3. The summed E-state index contributed by atoms with van der Waals surface area (Å²) in [5.74, 6) is 2.41. The van der Waals surface area contributed by atoms with E-state index in [1.807, 2.05) is 13.1 Å². The lowest BCUT2D eigenvalue weighted by molar-refractivity contribution is 0.211. The number of nitrogens with zero attached hydrogens (tertiary/aromatic N) is 4. The maximum Gasteiger partial charge on any atom is 0.466 e. The molecule has 2 aromatic heterocycles. The van der Waals surface area contributed by atoms with Gasteiger partial charge in [-0.25, -0.2) is 19.5 Å². The number of fused-ring (bicyclic) bond motifs is 1. The van der Waals surface area contributed by atoms with Crippen LogP contribution in [0.25, 0.3) is 22.4 Å². The quantitative estimate of drug-likeness (QED) is 0.258. The number of anilines is 1. The molecule has 1 saturated heterocycles. The van der Waals surface area contributed by atoms with E-state index >= 15 is 0 Å². The summed E-state index contributed by atoms with van der Waals surface area (Å²) >= 11 is 0. The first-order valence-electron chi connectivity index (χ1n) is 11.5. The fourth-order valence-corrected chi connectivity index (χ4v) is 4.32. The van der Waals surface area contributed by atoms with Crippen LogP contribution < -0.4 is 5.32 Å². The van der Waals surface area contributed by atoms with Gasteiger partial charge in [0.1, 0.15) is 5.82 Å². The van der Waals surface area contributed by atoms with Crippen LogP contribution in [-0.4, -0.2) is 66.2 Å². The Balaban J connectivity index is 0.000000588. The van der Waals surface area contributed by atoms with Crippen molar-refractivity contribution in [2.45, 2.75) is 46.5 Å². The number of benzene rings is 1. The second-order valence-electron chi connectivity index (χ2n) is 9.09. The van der Waals surface area contributed by atoms with Gasteiger partial charge in [0.15, 0.2) is 0 Å². The largest absolute Gasteiger partial charge is 0.466 e. The fraction of sp³-hybridized carbons (Fsp3) is 0.522. The predicted octanol–water partition coefficient (Wildman–Crippen LogP) is 3.55. The van der Waals surface area contributed by atoms with E-state index in [1.54, 1.807) is 0 Å². The normalized spacial score (nSPS) is 15.3. The lowest BCUT2D eigenvalue weighted by atomic mass is 9.92. The number of hydrogen-bond donors (Lipinski definition) is 5. The Hall–Kier alpha value is -2.36. The van der Waals surface area contributed by atoms with Gasteiger partial charge in [-0.15, -0.1) is 0 Å². The Morgan fingerprint density at radius 1 is 1.15 bits per heavy atom. The summed E-state index contributed by atoms with van der Waals surface area (Å²) in [5.41, 5.74) is 6.39. The van der Waals surface area contributed by atoms with E-state index in [0.29, 0.717) is 5.95 Å². The average molecular weight is 491 g/mol. The summed E-state index contributed by atoms with van der Waals surface area (Å²) in [6.07, 6.45) is 6.99. The highest BCUT2D eigenvalue weighted by molar-refractivity contribution is 7.45. The number of rotatable bonds is 6. The monoisotopic (exact) mass is 490 g/mol. The van der Waals surface area contributed by atoms with Gasteiger partial charge in [-0.05, 0) is 89.7 Å². The third-order valence-corrected chi connectivity index (χ3v) is 6.07. The van der Waals surface area contributed by atoms with Crippen LogP contribution in [0.15, 0.2) is 18.3 Å². The van der Waals surface area contributed by atoms with E-state index in [-0.39, 0.29) is 0 Å². The molecule has 5 N–H and O–H groups in total. The molecule has 3 heterocycles. The number of nitrogens with one attached hydrogen (secondary N) is 2. The van der Waals surface area contributed by atoms with Crippen molar-refractivity contribution >= 4 is 24.8 Å². The van der Waals surface area contributed by atoms with Crippen LogP contribution in [0.4, 0.5) is 5.95 Å². The van der Waals surface area contributed by atoms with Crippen LogP contribution in [0.2, 0.25) is 0 Å². The minimum atomic E-state index is -4.64. The van der Waals surface area contributed by atoms with Crippen molar-refractivity contribution in [2.75, 3.05) is 32.0 Å². The van der Waals surface area contributed by atoms with Crippen molar-refractivity contribution < 1.29 is 19.2 Å². The number of imidazole rings is 1. The van der Waals surface area contributed by atoms with Crippen LogP contribution in [-0.2, 0) is 4.57 Å². The third kappa shape index (κ3) is 7.85. The summed E-state index contributed by atoms with van der Waals surface area (Å²) in [6.45, 7) is 9.63. The van der Waals surface area contributed by atoms with Gasteiger partial charge < -0.3 is 29.9 Å². The Morgan fingerprint density at radius 2 is 1.82 bits per heavy atom. The molecule has 4 rings (SSSR count). The van der Waals surface area contributed by atoms with Crippen molar-refractivity contribution in [3.8, 4) is 11.4 Å². The summed E-state index contributed by atoms with van der Waals surface area (Å²) in [5, 5.41) is 3.39. The van der Waals surface area contributed by atoms with E-state index in [9.17, 15) is 0 Å². The molecule has 0 amide bonds. The molecule has 11 heteroatoms. The zero-order valence-electron chi connectivity index (χ0n) is 20.2. The number of hydrogen-bond acceptors (Lipinski definition) is 6. The van der Waals surface area contributed by atoms with E-state index < -0.39 is 7.82 Å². The fourth-order valence-electron chi connectivity index (χ4n) is 4.32. The first kappa shape index (κ1) is 26.2. The van der Waals surface area contributed by atoms with Crippen LogP contribution in [0.5, 0.6) is 0 Å². The third-order valence-electron chi connectivity index (χ3n) is 6.07. The molecule has 34 heavy (non-hydrogen) atoms. The Labute approximate surface area is 200 Å². The Morgan fingerprint density at radius 3 is 2.47 bits per heavy atom. The van der Waals surface area contributed by atoms with Crippen molar-refractivity contribution in [1.82, 2.24) is 24.8 Å². The van der Waals surface area contributed by atoms with Gasteiger partial charge in [-0.2, -0.15) is 0 Å². The molecule has 0 unspecified atom stereocenters. The van der Waals surface area contributed by atoms with E-state index in [1.165, 1.54) is 49.9 Å². The molecule has 10 nitrogen and oxygen atoms in total. The highest BCUT2D eigenvalue weighted by Gasteiger charge is 2.16. The molecule has 0 atom stereocenters.